The third-order valence-corrected chi connectivity index (χ3v) is 11.5. The third-order valence-electron chi connectivity index (χ3n) is 7.08. The van der Waals surface area contributed by atoms with Gasteiger partial charge in [-0.15, -0.1) is 0 Å². The van der Waals surface area contributed by atoms with Crippen LogP contribution in [0.4, 0.5) is 0 Å². The number of benzene rings is 4. The lowest BCUT2D eigenvalue weighted by Gasteiger charge is -2.28. The Kier molecular flexibility index (Phi) is 10.1. The van der Waals surface area contributed by atoms with Crippen molar-refractivity contribution in [2.75, 3.05) is 20.4 Å². The van der Waals surface area contributed by atoms with Gasteiger partial charge >= 0.3 is 0 Å². The van der Waals surface area contributed by atoms with Crippen molar-refractivity contribution < 1.29 is 14.6 Å². The Bertz CT molecular complexity index is 1350. The maximum absolute atomic E-state index is 11.1. The number of rotatable bonds is 12. The predicted molar refractivity (Wildman–Crippen MR) is 168 cm³/mol. The van der Waals surface area contributed by atoms with E-state index >= 15 is 0 Å². The van der Waals surface area contributed by atoms with E-state index in [-0.39, 0.29) is 5.75 Å². The van der Waals surface area contributed by atoms with Crippen LogP contribution in [0.15, 0.2) is 103 Å². The van der Waals surface area contributed by atoms with E-state index in [1.807, 2.05) is 48.5 Å². The van der Waals surface area contributed by atoms with Crippen LogP contribution in [0.1, 0.15) is 43.7 Å². The molecule has 0 aliphatic carbocycles. The Labute approximate surface area is 238 Å². The lowest BCUT2D eigenvalue weighted by atomic mass is 9.99. The minimum absolute atomic E-state index is 0.193. The summed E-state index contributed by atoms with van der Waals surface area (Å²) in [5.74, 6) is 4.30. The number of hydrogen-bond acceptors (Lipinski definition) is 3. The van der Waals surface area contributed by atoms with E-state index in [1.54, 1.807) is 26.4 Å². The summed E-state index contributed by atoms with van der Waals surface area (Å²) < 4.78 is 12.0. The number of halogens is 1. The summed E-state index contributed by atoms with van der Waals surface area (Å²) in [6, 6.07) is 32.1. The van der Waals surface area contributed by atoms with Crippen molar-refractivity contribution >= 4 is 35.0 Å². The van der Waals surface area contributed by atoms with Gasteiger partial charge < -0.3 is 14.6 Å². The van der Waals surface area contributed by atoms with Crippen LogP contribution in [0, 0.1) is 0 Å². The first kappa shape index (κ1) is 28.7. The Hall–Kier alpha value is -3.26. The molecule has 0 saturated heterocycles. The second-order valence-electron chi connectivity index (χ2n) is 9.57. The molecule has 0 unspecified atom stereocenters. The number of phenols is 1. The van der Waals surface area contributed by atoms with Gasteiger partial charge in [-0.2, -0.15) is 0 Å². The first-order chi connectivity index (χ1) is 19.0. The van der Waals surface area contributed by atoms with Gasteiger partial charge in [0.2, 0.25) is 0 Å². The van der Waals surface area contributed by atoms with Crippen molar-refractivity contribution in [1.82, 2.24) is 0 Å². The van der Waals surface area contributed by atoms with Gasteiger partial charge in [0.1, 0.15) is 23.6 Å². The quantitative estimate of drug-likeness (QED) is 0.139. The average molecular weight is 560 g/mol. The molecule has 0 aliphatic heterocycles. The summed E-state index contributed by atoms with van der Waals surface area (Å²) in [5.41, 5.74) is 2.66. The zero-order valence-electron chi connectivity index (χ0n) is 22.9. The Morgan fingerprint density at radius 1 is 0.769 bits per heavy atom. The highest BCUT2D eigenvalue weighted by Gasteiger charge is 2.46. The number of aromatic hydroxyl groups is 1. The molecule has 5 heteroatoms. The standard InChI is InChI=1S/C34H36ClO3P/c1-4-5-6-14-23-39(33-19-12-10-17-31(33)37-2,34-20-13-11-18-32(34)38-3)25-29(26-15-8-7-9-16-26)28-24-27(35)21-22-30(28)36/h7-13,15-22,24-25H,4-6,14,23H2,1-3H3/p+1/b29-25+. The molecule has 1 N–H and O–H groups in total. The molecule has 3 nitrogen and oxygen atoms in total. The molecule has 0 amide bonds. The molecule has 0 radical (unpaired) electrons. The van der Waals surface area contributed by atoms with Crippen molar-refractivity contribution in [2.45, 2.75) is 32.6 Å². The van der Waals surface area contributed by atoms with Crippen LogP contribution in [-0.4, -0.2) is 25.5 Å². The first-order valence-corrected chi connectivity index (χ1v) is 15.9. The van der Waals surface area contributed by atoms with E-state index in [2.05, 4.69) is 49.1 Å². The van der Waals surface area contributed by atoms with Crippen LogP contribution in [-0.2, 0) is 0 Å². The molecule has 0 aliphatic rings. The van der Waals surface area contributed by atoms with Gasteiger partial charge in [0, 0.05) is 16.2 Å². The SMILES string of the molecule is CCCCCC[P+](/C=C(\c1ccccc1)c1cc(Cl)ccc1O)(c1ccccc1OC)c1ccccc1OC. The van der Waals surface area contributed by atoms with E-state index in [9.17, 15) is 5.11 Å². The number of phenolic OH excluding ortho intramolecular Hbond substituents is 1. The summed E-state index contributed by atoms with van der Waals surface area (Å²) in [7, 11) is 1.13. The summed E-state index contributed by atoms with van der Waals surface area (Å²) in [6.45, 7) is 2.23. The fourth-order valence-corrected chi connectivity index (χ4v) is 9.74. The highest BCUT2D eigenvalue weighted by molar-refractivity contribution is 7.92. The van der Waals surface area contributed by atoms with Crippen LogP contribution in [0.25, 0.3) is 5.57 Å². The molecule has 4 aromatic rings. The topological polar surface area (TPSA) is 38.7 Å². The number of hydrogen-bond donors (Lipinski definition) is 1. The minimum atomic E-state index is -2.34. The molecule has 4 aromatic carbocycles. The van der Waals surface area contributed by atoms with Gasteiger partial charge in [0.05, 0.1) is 26.2 Å². The van der Waals surface area contributed by atoms with Gasteiger partial charge in [0.25, 0.3) is 0 Å². The average Bonchev–Trinajstić information content (AvgIpc) is 2.99. The van der Waals surface area contributed by atoms with E-state index in [0.717, 1.165) is 58.7 Å². The second-order valence-corrected chi connectivity index (χ2v) is 13.4. The molecule has 0 spiro atoms. The van der Waals surface area contributed by atoms with Crippen molar-refractivity contribution in [1.29, 1.82) is 0 Å². The lowest BCUT2D eigenvalue weighted by Crippen LogP contribution is -2.26. The van der Waals surface area contributed by atoms with E-state index in [0.29, 0.717) is 10.6 Å². The Morgan fingerprint density at radius 2 is 1.36 bits per heavy atom. The van der Waals surface area contributed by atoms with Crippen LogP contribution in [0.3, 0.4) is 0 Å². The number of para-hydroxylation sites is 2. The molecule has 0 bridgehead atoms. The first-order valence-electron chi connectivity index (χ1n) is 13.5. The largest absolute Gasteiger partial charge is 0.507 e. The monoisotopic (exact) mass is 559 g/mol. The molecule has 0 atom stereocenters. The smallest absolute Gasteiger partial charge is 0.161 e. The van der Waals surface area contributed by atoms with Gasteiger partial charge in [-0.25, -0.2) is 0 Å². The van der Waals surface area contributed by atoms with Crippen LogP contribution in [0.2, 0.25) is 5.02 Å². The second kappa shape index (κ2) is 13.7. The fourth-order valence-electron chi connectivity index (χ4n) is 5.14. The number of ether oxygens (including phenoxy) is 2. The van der Waals surface area contributed by atoms with Crippen LogP contribution in [0.5, 0.6) is 17.2 Å². The summed E-state index contributed by atoms with van der Waals surface area (Å²) in [5, 5.41) is 14.0. The van der Waals surface area contributed by atoms with Crippen molar-refractivity contribution in [2.24, 2.45) is 0 Å². The van der Waals surface area contributed by atoms with E-state index in [4.69, 9.17) is 21.1 Å². The fraction of sp³-hybridized carbons (Fsp3) is 0.235. The summed E-state index contributed by atoms with van der Waals surface area (Å²) >= 11 is 6.50. The number of unbranched alkanes of at least 4 members (excludes halogenated alkanes) is 3. The lowest BCUT2D eigenvalue weighted by molar-refractivity contribution is 0.417. The molecule has 4 rings (SSSR count). The zero-order chi connectivity index (χ0) is 27.7. The maximum atomic E-state index is 11.1. The predicted octanol–water partition coefficient (Wildman–Crippen LogP) is 8.70. The van der Waals surface area contributed by atoms with Crippen LogP contribution < -0.4 is 20.1 Å². The third kappa shape index (κ3) is 6.49. The molecule has 202 valence electrons. The minimum Gasteiger partial charge on any atom is -0.507 e. The molecule has 39 heavy (non-hydrogen) atoms. The van der Waals surface area contributed by atoms with E-state index in [1.165, 1.54) is 6.42 Å². The molecule has 0 saturated carbocycles. The normalized spacial score (nSPS) is 11.8. The molecular formula is C34H37ClO3P+. The van der Waals surface area contributed by atoms with E-state index < -0.39 is 7.26 Å². The summed E-state index contributed by atoms with van der Waals surface area (Å²) in [4.78, 5) is 0. The van der Waals surface area contributed by atoms with Crippen molar-refractivity contribution in [3.05, 3.63) is 119 Å². The van der Waals surface area contributed by atoms with Crippen LogP contribution >= 0.6 is 18.9 Å². The highest BCUT2D eigenvalue weighted by atomic mass is 35.5. The maximum Gasteiger partial charge on any atom is 0.161 e. The van der Waals surface area contributed by atoms with Crippen molar-refractivity contribution in [3.8, 4) is 17.2 Å². The summed E-state index contributed by atoms with van der Waals surface area (Å²) in [6.07, 6.45) is 5.47. The molecule has 0 fully saturated rings. The van der Waals surface area contributed by atoms with Gasteiger partial charge in [-0.3, -0.25) is 0 Å². The highest BCUT2D eigenvalue weighted by Crippen LogP contribution is 2.64. The Morgan fingerprint density at radius 3 is 1.95 bits per heavy atom. The Balaban J connectivity index is 2.13. The van der Waals surface area contributed by atoms with Gasteiger partial charge in [0.15, 0.2) is 11.5 Å². The number of methoxy groups -OCH3 is 2. The molecule has 0 aromatic heterocycles. The molecular weight excluding hydrogens is 523 g/mol. The molecule has 0 heterocycles. The van der Waals surface area contributed by atoms with Crippen molar-refractivity contribution in [3.63, 3.8) is 0 Å². The van der Waals surface area contributed by atoms with Gasteiger partial charge in [-0.1, -0.05) is 86.0 Å². The zero-order valence-corrected chi connectivity index (χ0v) is 24.6. The van der Waals surface area contributed by atoms with Gasteiger partial charge in [-0.05, 0) is 60.9 Å².